The van der Waals surface area contributed by atoms with Crippen LogP contribution in [0.2, 0.25) is 0 Å². The van der Waals surface area contributed by atoms with Crippen LogP contribution in [0, 0.1) is 5.92 Å². The summed E-state index contributed by atoms with van der Waals surface area (Å²) in [6.45, 7) is 9.72. The van der Waals surface area contributed by atoms with Crippen molar-refractivity contribution in [3.05, 3.63) is 12.2 Å². The largest absolute Gasteiger partial charge is 0.460 e. The van der Waals surface area contributed by atoms with Crippen molar-refractivity contribution in [2.45, 2.75) is 58.5 Å². The van der Waals surface area contributed by atoms with Crippen LogP contribution < -0.4 is 0 Å². The highest BCUT2D eigenvalue weighted by molar-refractivity contribution is 5.70. The van der Waals surface area contributed by atoms with Crippen LogP contribution in [-0.4, -0.2) is 11.6 Å². The van der Waals surface area contributed by atoms with Gasteiger partial charge in [0.15, 0.2) is 0 Å². The molecule has 2 nitrogen and oxygen atoms in total. The highest BCUT2D eigenvalue weighted by Gasteiger charge is 2.22. The highest BCUT2D eigenvalue weighted by atomic mass is 16.6. The summed E-state index contributed by atoms with van der Waals surface area (Å²) in [7, 11) is 0. The smallest absolute Gasteiger partial charge is 0.306 e. The van der Waals surface area contributed by atoms with E-state index in [0.717, 1.165) is 19.3 Å². The first kappa shape index (κ1) is 12.3. The summed E-state index contributed by atoms with van der Waals surface area (Å²) >= 11 is 0. The molecule has 0 aliphatic heterocycles. The molecular formula is C13H22O2. The lowest BCUT2D eigenvalue weighted by Gasteiger charge is -2.25. The molecule has 1 atom stereocenters. The third kappa shape index (κ3) is 5.01. The third-order valence-corrected chi connectivity index (χ3v) is 2.60. The van der Waals surface area contributed by atoms with Gasteiger partial charge >= 0.3 is 5.97 Å². The summed E-state index contributed by atoms with van der Waals surface area (Å²) in [4.78, 5) is 11.6. The Morgan fingerprint density at radius 3 is 2.73 bits per heavy atom. The first-order valence-electron chi connectivity index (χ1n) is 5.75. The third-order valence-electron chi connectivity index (χ3n) is 2.60. The molecule has 1 unspecified atom stereocenters. The molecule has 0 radical (unpaired) electrons. The summed E-state index contributed by atoms with van der Waals surface area (Å²) in [5.74, 6) is 0.392. The van der Waals surface area contributed by atoms with Crippen LogP contribution in [0.15, 0.2) is 12.2 Å². The Hall–Kier alpha value is -0.790. The predicted octanol–water partition coefficient (Wildman–Crippen LogP) is 3.46. The molecule has 0 heterocycles. The van der Waals surface area contributed by atoms with Crippen molar-refractivity contribution < 1.29 is 9.53 Å². The molecular weight excluding hydrogens is 188 g/mol. The summed E-state index contributed by atoms with van der Waals surface area (Å²) in [5, 5.41) is 0. The first-order chi connectivity index (χ1) is 6.87. The van der Waals surface area contributed by atoms with Crippen molar-refractivity contribution in [3.8, 4) is 0 Å². The SMILES string of the molecule is C=C1CCCC(CC(=O)OC(C)(C)C)C1. The fourth-order valence-corrected chi connectivity index (χ4v) is 2.05. The highest BCUT2D eigenvalue weighted by Crippen LogP contribution is 2.30. The molecule has 0 saturated heterocycles. The van der Waals surface area contributed by atoms with E-state index >= 15 is 0 Å². The fraction of sp³-hybridized carbons (Fsp3) is 0.769. The van der Waals surface area contributed by atoms with Crippen LogP contribution in [0.25, 0.3) is 0 Å². The van der Waals surface area contributed by atoms with Crippen LogP contribution in [0.1, 0.15) is 52.9 Å². The zero-order chi connectivity index (χ0) is 11.5. The number of ether oxygens (including phenoxy) is 1. The number of carbonyl (C=O) groups excluding carboxylic acids is 1. The Morgan fingerprint density at radius 1 is 1.53 bits per heavy atom. The topological polar surface area (TPSA) is 26.3 Å². The Labute approximate surface area is 92.7 Å². The average Bonchev–Trinajstić information content (AvgIpc) is 1.99. The molecule has 2 heteroatoms. The summed E-state index contributed by atoms with van der Waals surface area (Å²) in [6.07, 6.45) is 4.99. The molecule has 1 saturated carbocycles. The summed E-state index contributed by atoms with van der Waals surface area (Å²) in [6, 6.07) is 0. The van der Waals surface area contributed by atoms with Crippen LogP contribution in [0.5, 0.6) is 0 Å². The molecule has 0 amide bonds. The second-order valence-corrected chi connectivity index (χ2v) is 5.50. The van der Waals surface area contributed by atoms with E-state index in [1.165, 1.54) is 12.0 Å². The second-order valence-electron chi connectivity index (χ2n) is 5.50. The van der Waals surface area contributed by atoms with E-state index in [0.29, 0.717) is 12.3 Å². The lowest BCUT2D eigenvalue weighted by molar-refractivity contribution is -0.156. The van der Waals surface area contributed by atoms with Gasteiger partial charge in [-0.2, -0.15) is 0 Å². The van der Waals surface area contributed by atoms with Crippen LogP contribution in [-0.2, 0) is 9.53 Å². The molecule has 15 heavy (non-hydrogen) atoms. The lowest BCUT2D eigenvalue weighted by atomic mass is 9.84. The monoisotopic (exact) mass is 210 g/mol. The lowest BCUT2D eigenvalue weighted by Crippen LogP contribution is -2.25. The molecule has 86 valence electrons. The molecule has 1 rings (SSSR count). The second kappa shape index (κ2) is 4.82. The van der Waals surface area contributed by atoms with Crippen molar-refractivity contribution in [3.63, 3.8) is 0 Å². The van der Waals surface area contributed by atoms with Crippen molar-refractivity contribution in [2.75, 3.05) is 0 Å². The van der Waals surface area contributed by atoms with E-state index in [9.17, 15) is 4.79 Å². The van der Waals surface area contributed by atoms with Crippen molar-refractivity contribution in [1.82, 2.24) is 0 Å². The van der Waals surface area contributed by atoms with Crippen molar-refractivity contribution >= 4 is 5.97 Å². The minimum atomic E-state index is -0.358. The van der Waals surface area contributed by atoms with Gasteiger partial charge in [-0.1, -0.05) is 12.2 Å². The Morgan fingerprint density at radius 2 is 2.20 bits per heavy atom. The van der Waals surface area contributed by atoms with E-state index in [2.05, 4.69) is 6.58 Å². The predicted molar refractivity (Wildman–Crippen MR) is 61.6 cm³/mol. The molecule has 1 fully saturated rings. The number of rotatable bonds is 2. The van der Waals surface area contributed by atoms with Crippen LogP contribution in [0.3, 0.4) is 0 Å². The Bertz CT molecular complexity index is 248. The van der Waals surface area contributed by atoms with E-state index in [-0.39, 0.29) is 11.6 Å². The van der Waals surface area contributed by atoms with Crippen LogP contribution >= 0.6 is 0 Å². The van der Waals surface area contributed by atoms with Gasteiger partial charge in [0, 0.05) is 6.42 Å². The average molecular weight is 210 g/mol. The van der Waals surface area contributed by atoms with E-state index in [1.807, 2.05) is 20.8 Å². The number of carbonyl (C=O) groups is 1. The van der Waals surface area contributed by atoms with Gasteiger partial charge in [-0.05, 0) is 52.4 Å². The Balaban J connectivity index is 2.34. The zero-order valence-corrected chi connectivity index (χ0v) is 10.1. The van der Waals surface area contributed by atoms with Gasteiger partial charge in [-0.3, -0.25) is 4.79 Å². The van der Waals surface area contributed by atoms with E-state index in [4.69, 9.17) is 4.74 Å². The maximum Gasteiger partial charge on any atom is 0.306 e. The van der Waals surface area contributed by atoms with Gasteiger partial charge in [0.05, 0.1) is 0 Å². The van der Waals surface area contributed by atoms with Gasteiger partial charge in [0.1, 0.15) is 5.60 Å². The number of hydrogen-bond donors (Lipinski definition) is 0. The summed E-state index contributed by atoms with van der Waals surface area (Å²) < 4.78 is 5.31. The molecule has 0 aromatic heterocycles. The zero-order valence-electron chi connectivity index (χ0n) is 10.1. The minimum Gasteiger partial charge on any atom is -0.460 e. The maximum absolute atomic E-state index is 11.6. The number of allylic oxidation sites excluding steroid dienone is 1. The normalized spacial score (nSPS) is 22.6. The molecule has 0 spiro atoms. The van der Waals surface area contributed by atoms with Gasteiger partial charge in [-0.25, -0.2) is 0 Å². The van der Waals surface area contributed by atoms with Gasteiger partial charge in [0.2, 0.25) is 0 Å². The van der Waals surface area contributed by atoms with Crippen molar-refractivity contribution in [1.29, 1.82) is 0 Å². The quantitative estimate of drug-likeness (QED) is 0.515. The Kier molecular flexibility index (Phi) is 3.95. The molecule has 0 aromatic rings. The first-order valence-corrected chi connectivity index (χ1v) is 5.75. The van der Waals surface area contributed by atoms with Gasteiger partial charge < -0.3 is 4.74 Å². The molecule has 1 aliphatic rings. The van der Waals surface area contributed by atoms with Gasteiger partial charge in [-0.15, -0.1) is 0 Å². The fourth-order valence-electron chi connectivity index (χ4n) is 2.05. The van der Waals surface area contributed by atoms with Gasteiger partial charge in [0.25, 0.3) is 0 Å². The van der Waals surface area contributed by atoms with E-state index < -0.39 is 0 Å². The van der Waals surface area contributed by atoms with E-state index in [1.54, 1.807) is 0 Å². The molecule has 1 aliphatic carbocycles. The summed E-state index contributed by atoms with van der Waals surface area (Å²) in [5.41, 5.74) is 0.928. The minimum absolute atomic E-state index is 0.0674. The van der Waals surface area contributed by atoms with Crippen LogP contribution in [0.4, 0.5) is 0 Å². The maximum atomic E-state index is 11.6. The number of hydrogen-bond acceptors (Lipinski definition) is 2. The molecule has 0 N–H and O–H groups in total. The molecule has 0 bridgehead atoms. The standard InChI is InChI=1S/C13H22O2/c1-10-6-5-7-11(8-10)9-12(14)15-13(2,3)4/h11H,1,5-9H2,2-4H3. The van der Waals surface area contributed by atoms with Crippen molar-refractivity contribution in [2.24, 2.45) is 5.92 Å². The number of esters is 1. The molecule has 0 aromatic carbocycles.